The Bertz CT molecular complexity index is 587. The number of Topliss-reactive ketones (excluding diaryl/α,β-unsaturated/α-hetero) is 1. The summed E-state index contributed by atoms with van der Waals surface area (Å²) in [6.07, 6.45) is 12.6. The number of ether oxygens (including phenoxy) is 1. The van der Waals surface area contributed by atoms with Crippen LogP contribution in [0, 0.1) is 17.8 Å². The SMILES string of the molecule is CC/C=C/C(C)=C/[C@H](C)C[C@H](O)[C@@H]1/C=C/CC[C@@H](C)C(=O)CC[C@H](C)C(=O)O1. The third-order valence-corrected chi connectivity index (χ3v) is 5.28. The van der Waals surface area contributed by atoms with Crippen LogP contribution in [0.3, 0.4) is 0 Å². The van der Waals surface area contributed by atoms with E-state index >= 15 is 0 Å². The van der Waals surface area contributed by atoms with E-state index in [4.69, 9.17) is 4.74 Å². The fourth-order valence-corrected chi connectivity index (χ4v) is 3.35. The van der Waals surface area contributed by atoms with Gasteiger partial charge in [-0.1, -0.05) is 57.6 Å². The van der Waals surface area contributed by atoms with Crippen molar-refractivity contribution < 1.29 is 19.4 Å². The summed E-state index contributed by atoms with van der Waals surface area (Å²) in [5, 5.41) is 10.7. The van der Waals surface area contributed by atoms with Gasteiger partial charge in [0.1, 0.15) is 11.9 Å². The Morgan fingerprint density at radius 1 is 1.29 bits per heavy atom. The van der Waals surface area contributed by atoms with Gasteiger partial charge in [0.25, 0.3) is 0 Å². The van der Waals surface area contributed by atoms with Gasteiger partial charge >= 0.3 is 5.97 Å². The predicted molar refractivity (Wildman–Crippen MR) is 114 cm³/mol. The summed E-state index contributed by atoms with van der Waals surface area (Å²) in [4.78, 5) is 24.5. The second kappa shape index (κ2) is 12.7. The molecule has 1 rings (SSSR count). The van der Waals surface area contributed by atoms with Crippen LogP contribution < -0.4 is 0 Å². The summed E-state index contributed by atoms with van der Waals surface area (Å²) in [5.41, 5.74) is 1.17. The van der Waals surface area contributed by atoms with Crippen LogP contribution in [0.25, 0.3) is 0 Å². The van der Waals surface area contributed by atoms with Crippen LogP contribution in [0.2, 0.25) is 0 Å². The fourth-order valence-electron chi connectivity index (χ4n) is 3.35. The van der Waals surface area contributed by atoms with E-state index in [1.807, 2.05) is 13.0 Å². The minimum absolute atomic E-state index is 0.0000180. The summed E-state index contributed by atoms with van der Waals surface area (Å²) < 4.78 is 5.61. The van der Waals surface area contributed by atoms with Crippen molar-refractivity contribution in [2.75, 3.05) is 0 Å². The average molecular weight is 391 g/mol. The standard InChI is InChI=1S/C24H38O4/c1-6-7-10-17(2)15-18(3)16-22(26)23-12-9-8-11-19(4)21(25)14-13-20(5)24(27)28-23/h7,9-10,12,15,18-20,22-23,26H,6,8,11,13-14,16H2,1-5H3/b10-7+,12-9+,17-15+/t18-,19+,20-,22-,23-/m0/s1. The van der Waals surface area contributed by atoms with Crippen LogP contribution in [0.4, 0.5) is 0 Å². The van der Waals surface area contributed by atoms with Crippen molar-refractivity contribution in [3.05, 3.63) is 36.0 Å². The zero-order valence-corrected chi connectivity index (χ0v) is 18.2. The topological polar surface area (TPSA) is 63.6 Å². The monoisotopic (exact) mass is 390 g/mol. The molecule has 0 spiro atoms. The van der Waals surface area contributed by atoms with Crippen molar-refractivity contribution in [3.8, 4) is 0 Å². The smallest absolute Gasteiger partial charge is 0.309 e. The Morgan fingerprint density at radius 2 is 2.00 bits per heavy atom. The van der Waals surface area contributed by atoms with Crippen molar-refractivity contribution in [1.82, 2.24) is 0 Å². The quantitative estimate of drug-likeness (QED) is 0.386. The van der Waals surface area contributed by atoms with E-state index < -0.39 is 12.2 Å². The van der Waals surface area contributed by atoms with Gasteiger partial charge in [-0.25, -0.2) is 0 Å². The molecule has 28 heavy (non-hydrogen) atoms. The van der Waals surface area contributed by atoms with E-state index in [0.717, 1.165) is 19.3 Å². The number of allylic oxidation sites excluding steroid dienone is 5. The molecule has 1 aliphatic rings. The molecular formula is C24H38O4. The Hall–Kier alpha value is -1.68. The molecule has 0 aliphatic carbocycles. The lowest BCUT2D eigenvalue weighted by molar-refractivity contribution is -0.156. The lowest BCUT2D eigenvalue weighted by Crippen LogP contribution is -2.33. The molecule has 1 N–H and O–H groups in total. The van der Waals surface area contributed by atoms with Crippen LogP contribution in [0.1, 0.15) is 73.1 Å². The number of aliphatic hydroxyl groups excluding tert-OH is 1. The number of rotatable bonds is 6. The van der Waals surface area contributed by atoms with Gasteiger partial charge in [0.05, 0.1) is 12.0 Å². The maximum atomic E-state index is 12.4. The van der Waals surface area contributed by atoms with Crippen molar-refractivity contribution in [2.45, 2.75) is 85.4 Å². The molecule has 0 aromatic carbocycles. The molecule has 0 aromatic heterocycles. The first-order valence-corrected chi connectivity index (χ1v) is 10.7. The normalized spacial score (nSPS) is 28.9. The Labute approximate surface area is 170 Å². The molecule has 158 valence electrons. The van der Waals surface area contributed by atoms with Crippen LogP contribution in [-0.4, -0.2) is 29.1 Å². The second-order valence-electron chi connectivity index (χ2n) is 8.22. The first-order chi connectivity index (χ1) is 13.2. The molecule has 0 unspecified atom stereocenters. The first kappa shape index (κ1) is 24.4. The number of cyclic esters (lactones) is 1. The summed E-state index contributed by atoms with van der Waals surface area (Å²) in [6, 6.07) is 0. The zero-order chi connectivity index (χ0) is 21.1. The molecule has 4 nitrogen and oxygen atoms in total. The van der Waals surface area contributed by atoms with Crippen LogP contribution in [-0.2, 0) is 14.3 Å². The number of carbonyl (C=O) groups excluding carboxylic acids is 2. The lowest BCUT2D eigenvalue weighted by Gasteiger charge is -2.24. The maximum absolute atomic E-state index is 12.4. The van der Waals surface area contributed by atoms with Gasteiger partial charge in [0.2, 0.25) is 0 Å². The molecule has 5 atom stereocenters. The molecule has 0 radical (unpaired) electrons. The van der Waals surface area contributed by atoms with E-state index in [1.165, 1.54) is 5.57 Å². The van der Waals surface area contributed by atoms with Crippen LogP contribution >= 0.6 is 0 Å². The molecule has 0 amide bonds. The molecule has 0 saturated carbocycles. The number of hydrogen-bond acceptors (Lipinski definition) is 4. The zero-order valence-electron chi connectivity index (χ0n) is 18.2. The molecule has 0 saturated heterocycles. The number of ketones is 1. The van der Waals surface area contributed by atoms with Gasteiger partial charge in [0.15, 0.2) is 0 Å². The van der Waals surface area contributed by atoms with Crippen LogP contribution in [0.5, 0.6) is 0 Å². The predicted octanol–water partition coefficient (Wildman–Crippen LogP) is 5.17. The summed E-state index contributed by atoms with van der Waals surface area (Å²) >= 11 is 0. The van der Waals surface area contributed by atoms with Crippen molar-refractivity contribution >= 4 is 11.8 Å². The fraction of sp³-hybridized carbons (Fsp3) is 0.667. The van der Waals surface area contributed by atoms with Gasteiger partial charge in [0, 0.05) is 12.3 Å². The van der Waals surface area contributed by atoms with Gasteiger partial charge < -0.3 is 9.84 Å². The molecule has 0 fully saturated rings. The van der Waals surface area contributed by atoms with Crippen LogP contribution in [0.15, 0.2) is 36.0 Å². The van der Waals surface area contributed by atoms with Gasteiger partial charge in [-0.3, -0.25) is 9.59 Å². The third kappa shape index (κ3) is 9.01. The second-order valence-corrected chi connectivity index (χ2v) is 8.22. The van der Waals surface area contributed by atoms with E-state index in [2.05, 4.69) is 39.0 Å². The lowest BCUT2D eigenvalue weighted by atomic mass is 9.93. The van der Waals surface area contributed by atoms with Crippen molar-refractivity contribution in [3.63, 3.8) is 0 Å². The Morgan fingerprint density at radius 3 is 2.68 bits per heavy atom. The average Bonchev–Trinajstić information content (AvgIpc) is 2.64. The number of carbonyl (C=O) groups is 2. The highest BCUT2D eigenvalue weighted by Gasteiger charge is 2.26. The van der Waals surface area contributed by atoms with E-state index in [1.54, 1.807) is 13.0 Å². The summed E-state index contributed by atoms with van der Waals surface area (Å²) in [6.45, 7) is 9.94. The van der Waals surface area contributed by atoms with Gasteiger partial charge in [-0.05, 0) is 51.0 Å². The summed E-state index contributed by atoms with van der Waals surface area (Å²) in [7, 11) is 0. The maximum Gasteiger partial charge on any atom is 0.309 e. The highest BCUT2D eigenvalue weighted by molar-refractivity contribution is 5.81. The molecule has 4 heteroatoms. The molecule has 1 heterocycles. The largest absolute Gasteiger partial charge is 0.455 e. The Balaban J connectivity index is 2.83. The van der Waals surface area contributed by atoms with E-state index in [9.17, 15) is 14.7 Å². The molecule has 0 bridgehead atoms. The minimum atomic E-state index is -0.761. The Kier molecular flexibility index (Phi) is 11.1. The van der Waals surface area contributed by atoms with Crippen molar-refractivity contribution in [2.24, 2.45) is 17.8 Å². The highest BCUT2D eigenvalue weighted by Crippen LogP contribution is 2.21. The minimum Gasteiger partial charge on any atom is -0.455 e. The number of hydrogen-bond donors (Lipinski definition) is 1. The molecule has 1 aliphatic heterocycles. The van der Waals surface area contributed by atoms with E-state index in [0.29, 0.717) is 19.3 Å². The number of esters is 1. The molecule has 0 aromatic rings. The van der Waals surface area contributed by atoms with Gasteiger partial charge in [-0.15, -0.1) is 0 Å². The number of aliphatic hydroxyl groups is 1. The van der Waals surface area contributed by atoms with E-state index in [-0.39, 0.29) is 29.5 Å². The first-order valence-electron chi connectivity index (χ1n) is 10.7. The third-order valence-electron chi connectivity index (χ3n) is 5.28. The van der Waals surface area contributed by atoms with Gasteiger partial charge in [-0.2, -0.15) is 0 Å². The van der Waals surface area contributed by atoms with Crippen molar-refractivity contribution in [1.29, 1.82) is 0 Å². The highest BCUT2D eigenvalue weighted by atomic mass is 16.6. The molecular weight excluding hydrogens is 352 g/mol. The summed E-state index contributed by atoms with van der Waals surface area (Å²) in [5.74, 6) is -0.323.